The molecule has 0 saturated heterocycles. The normalized spacial score (nSPS) is 11.1. The van der Waals surface area contributed by atoms with Gasteiger partial charge in [0.25, 0.3) is 0 Å². The minimum atomic E-state index is -0.0976. The zero-order valence-electron chi connectivity index (χ0n) is 8.35. The fraction of sp³-hybridized carbons (Fsp3) is 0.100. The quantitative estimate of drug-likeness (QED) is 0.721. The molecule has 0 radical (unpaired) electrons. The van der Waals surface area contributed by atoms with Crippen molar-refractivity contribution in [3.05, 3.63) is 17.6 Å². The van der Waals surface area contributed by atoms with E-state index in [0.717, 1.165) is 20.4 Å². The van der Waals surface area contributed by atoms with Crippen LogP contribution in [0.15, 0.2) is 17.6 Å². The molecule has 1 aromatic carbocycles. The zero-order chi connectivity index (χ0) is 11.1. The van der Waals surface area contributed by atoms with E-state index in [0.29, 0.717) is 5.13 Å². The van der Waals surface area contributed by atoms with Crippen LogP contribution in [0.4, 0.5) is 5.13 Å². The number of nitrogens with one attached hydrogen (secondary N) is 1. The zero-order valence-corrected chi connectivity index (χ0v) is 9.98. The first-order valence-electron chi connectivity index (χ1n) is 4.64. The lowest BCUT2D eigenvalue weighted by Gasteiger charge is -1.91. The number of hydrogen-bond acceptors (Lipinski definition) is 5. The van der Waals surface area contributed by atoms with Crippen molar-refractivity contribution in [2.24, 2.45) is 0 Å². The molecule has 0 aliphatic carbocycles. The third-order valence-electron chi connectivity index (χ3n) is 2.14. The molecule has 4 nitrogen and oxygen atoms in total. The van der Waals surface area contributed by atoms with Gasteiger partial charge >= 0.3 is 0 Å². The van der Waals surface area contributed by atoms with Crippen LogP contribution in [0.25, 0.3) is 20.4 Å². The monoisotopic (exact) mass is 249 g/mol. The molecule has 2 heterocycles. The highest BCUT2D eigenvalue weighted by Gasteiger charge is 2.09. The Morgan fingerprint density at radius 3 is 2.94 bits per heavy atom. The Hall–Kier alpha value is -1.53. The molecule has 80 valence electrons. The van der Waals surface area contributed by atoms with Gasteiger partial charge in [0.15, 0.2) is 5.13 Å². The van der Waals surface area contributed by atoms with Crippen molar-refractivity contribution >= 4 is 54.1 Å². The van der Waals surface area contributed by atoms with Gasteiger partial charge in [-0.15, -0.1) is 11.3 Å². The maximum atomic E-state index is 10.9. The number of carbonyl (C=O) groups is 1. The molecule has 0 fully saturated rings. The number of amides is 1. The van der Waals surface area contributed by atoms with Gasteiger partial charge in [0.1, 0.15) is 0 Å². The molecule has 3 rings (SSSR count). The van der Waals surface area contributed by atoms with Crippen LogP contribution in [-0.2, 0) is 4.79 Å². The van der Waals surface area contributed by atoms with Gasteiger partial charge in [-0.25, -0.2) is 9.97 Å². The minimum absolute atomic E-state index is 0.0976. The number of thiazole rings is 2. The Balaban J connectivity index is 2.26. The summed E-state index contributed by atoms with van der Waals surface area (Å²) in [4.78, 5) is 19.5. The summed E-state index contributed by atoms with van der Waals surface area (Å²) in [7, 11) is 0. The van der Waals surface area contributed by atoms with E-state index in [-0.39, 0.29) is 5.91 Å². The first-order chi connectivity index (χ1) is 7.74. The lowest BCUT2D eigenvalue weighted by atomic mass is 10.3. The van der Waals surface area contributed by atoms with E-state index in [1.54, 1.807) is 11.3 Å². The van der Waals surface area contributed by atoms with Crippen LogP contribution in [0.1, 0.15) is 6.92 Å². The van der Waals surface area contributed by atoms with E-state index in [1.165, 1.54) is 18.3 Å². The SMILES string of the molecule is CC(=O)Nc1nc2ccc3ncsc3c2s1. The molecule has 1 N–H and O–H groups in total. The van der Waals surface area contributed by atoms with Crippen LogP contribution >= 0.6 is 22.7 Å². The minimum Gasteiger partial charge on any atom is -0.302 e. The van der Waals surface area contributed by atoms with Crippen molar-refractivity contribution in [1.29, 1.82) is 0 Å². The predicted molar refractivity (Wildman–Crippen MR) is 67.1 cm³/mol. The van der Waals surface area contributed by atoms with Crippen LogP contribution in [0, 0.1) is 0 Å². The predicted octanol–water partition coefficient (Wildman–Crippen LogP) is 2.86. The first kappa shape index (κ1) is 9.68. The number of nitrogens with zero attached hydrogens (tertiary/aromatic N) is 2. The average Bonchev–Trinajstić information content (AvgIpc) is 2.78. The molecular weight excluding hydrogens is 242 g/mol. The summed E-state index contributed by atoms with van der Waals surface area (Å²) in [5, 5.41) is 3.35. The van der Waals surface area contributed by atoms with E-state index in [2.05, 4.69) is 15.3 Å². The van der Waals surface area contributed by atoms with Crippen molar-refractivity contribution in [2.45, 2.75) is 6.92 Å². The van der Waals surface area contributed by atoms with Crippen LogP contribution < -0.4 is 5.32 Å². The standard InChI is InChI=1S/C10H7N3OS2/c1-5(14)12-10-13-7-3-2-6-8(9(7)16-10)15-4-11-6/h2-4H,1H3,(H,12,13,14). The fourth-order valence-electron chi connectivity index (χ4n) is 1.51. The number of anilines is 1. The van der Waals surface area contributed by atoms with Gasteiger partial charge in [-0.3, -0.25) is 4.79 Å². The lowest BCUT2D eigenvalue weighted by Crippen LogP contribution is -2.04. The van der Waals surface area contributed by atoms with Crippen molar-refractivity contribution in [3.63, 3.8) is 0 Å². The fourth-order valence-corrected chi connectivity index (χ4v) is 3.45. The molecular formula is C10H7N3OS2. The maximum Gasteiger partial charge on any atom is 0.223 e. The van der Waals surface area contributed by atoms with Crippen molar-refractivity contribution < 1.29 is 4.79 Å². The summed E-state index contributed by atoms with van der Waals surface area (Å²) >= 11 is 3.08. The summed E-state index contributed by atoms with van der Waals surface area (Å²) in [6.45, 7) is 1.48. The topological polar surface area (TPSA) is 54.9 Å². The summed E-state index contributed by atoms with van der Waals surface area (Å²) < 4.78 is 2.22. The number of carbonyl (C=O) groups excluding carboxylic acids is 1. The second-order valence-corrected chi connectivity index (χ2v) is 5.17. The van der Waals surface area contributed by atoms with Gasteiger partial charge in [-0.1, -0.05) is 11.3 Å². The summed E-state index contributed by atoms with van der Waals surface area (Å²) in [5.74, 6) is -0.0976. The van der Waals surface area contributed by atoms with Gasteiger partial charge in [0.05, 0.1) is 25.9 Å². The van der Waals surface area contributed by atoms with Gasteiger partial charge in [0.2, 0.25) is 5.91 Å². The summed E-state index contributed by atoms with van der Waals surface area (Å²) in [5.41, 5.74) is 3.71. The van der Waals surface area contributed by atoms with E-state index in [9.17, 15) is 4.79 Å². The smallest absolute Gasteiger partial charge is 0.223 e. The van der Waals surface area contributed by atoms with Crippen molar-refractivity contribution in [1.82, 2.24) is 9.97 Å². The van der Waals surface area contributed by atoms with Crippen LogP contribution in [0.2, 0.25) is 0 Å². The second-order valence-electron chi connectivity index (χ2n) is 3.31. The molecule has 16 heavy (non-hydrogen) atoms. The molecule has 1 amide bonds. The van der Waals surface area contributed by atoms with Gasteiger partial charge in [-0.2, -0.15) is 0 Å². The Labute approximate surface area is 99.0 Å². The third-order valence-corrected chi connectivity index (χ3v) is 4.13. The van der Waals surface area contributed by atoms with Crippen molar-refractivity contribution in [3.8, 4) is 0 Å². The lowest BCUT2D eigenvalue weighted by molar-refractivity contribution is -0.114. The number of hydrogen-bond donors (Lipinski definition) is 1. The van der Waals surface area contributed by atoms with E-state index < -0.39 is 0 Å². The molecule has 0 aliphatic rings. The second kappa shape index (κ2) is 3.50. The molecule has 0 spiro atoms. The molecule has 3 aromatic rings. The Morgan fingerprint density at radius 1 is 1.31 bits per heavy atom. The molecule has 0 bridgehead atoms. The van der Waals surface area contributed by atoms with E-state index >= 15 is 0 Å². The van der Waals surface area contributed by atoms with Crippen molar-refractivity contribution in [2.75, 3.05) is 5.32 Å². The highest BCUT2D eigenvalue weighted by Crippen LogP contribution is 2.34. The molecule has 2 aromatic heterocycles. The van der Waals surface area contributed by atoms with Crippen LogP contribution in [0.3, 0.4) is 0 Å². The average molecular weight is 249 g/mol. The van der Waals surface area contributed by atoms with Gasteiger partial charge < -0.3 is 5.32 Å². The molecule has 0 aliphatic heterocycles. The largest absolute Gasteiger partial charge is 0.302 e. The number of fused-ring (bicyclic) bond motifs is 3. The Kier molecular flexibility index (Phi) is 2.12. The summed E-state index contributed by atoms with van der Waals surface area (Å²) in [6, 6.07) is 3.88. The number of benzene rings is 1. The maximum absolute atomic E-state index is 10.9. The summed E-state index contributed by atoms with van der Waals surface area (Å²) in [6.07, 6.45) is 0. The number of aromatic nitrogens is 2. The Morgan fingerprint density at radius 2 is 2.12 bits per heavy atom. The van der Waals surface area contributed by atoms with Gasteiger partial charge in [0, 0.05) is 6.92 Å². The van der Waals surface area contributed by atoms with Gasteiger partial charge in [-0.05, 0) is 12.1 Å². The van der Waals surface area contributed by atoms with E-state index in [4.69, 9.17) is 0 Å². The molecule has 0 atom stereocenters. The van der Waals surface area contributed by atoms with Crippen LogP contribution in [0.5, 0.6) is 0 Å². The molecule has 6 heteroatoms. The van der Waals surface area contributed by atoms with Crippen LogP contribution in [-0.4, -0.2) is 15.9 Å². The molecule has 0 saturated carbocycles. The molecule has 0 unspecified atom stereocenters. The third kappa shape index (κ3) is 1.46. The van der Waals surface area contributed by atoms with E-state index in [1.807, 2.05) is 17.6 Å². The Bertz CT molecular complexity index is 686. The number of rotatable bonds is 1. The first-order valence-corrected chi connectivity index (χ1v) is 6.34. The highest BCUT2D eigenvalue weighted by molar-refractivity contribution is 7.28. The highest BCUT2D eigenvalue weighted by atomic mass is 32.1.